The number of carbonyl (C=O) groups is 1. The fraction of sp³-hybridized carbons (Fsp3) is 0.875. The number of nitrogens with zero attached hydrogens (tertiary/aromatic N) is 2. The number of amides is 2. The summed E-state index contributed by atoms with van der Waals surface area (Å²) in [4.78, 5) is 21.4. The number of nitrogens with one attached hydrogen (secondary N) is 1. The van der Waals surface area contributed by atoms with Crippen LogP contribution in [0.4, 0.5) is 4.79 Å². The summed E-state index contributed by atoms with van der Waals surface area (Å²) in [5.41, 5.74) is 0. The zero-order valence-corrected chi connectivity index (χ0v) is 9.50. The number of ether oxygens (including phenoxy) is 1. The molecule has 1 aliphatic rings. The van der Waals surface area contributed by atoms with Crippen molar-refractivity contribution in [2.24, 2.45) is 5.29 Å². The molecule has 0 aliphatic carbocycles. The van der Waals surface area contributed by atoms with Gasteiger partial charge in [0, 0.05) is 7.05 Å². The van der Waals surface area contributed by atoms with E-state index in [2.05, 4.69) is 10.6 Å². The van der Waals surface area contributed by atoms with Crippen molar-refractivity contribution in [2.75, 3.05) is 13.7 Å². The number of nitroso groups, excluding NO2 is 1. The molecule has 5 atom stereocenters. The molecule has 18 heavy (non-hydrogen) atoms. The Morgan fingerprint density at radius 1 is 1.39 bits per heavy atom. The van der Waals surface area contributed by atoms with Gasteiger partial charge in [-0.15, -0.1) is 4.91 Å². The number of rotatable bonds is 3. The standard InChI is InChI=1S/C8H15N3O7/c1-11(10-17)8(16)9-4-6(14)5(13)3(2-12)18-7(4)15/h3-7,12-15H,2H2,1H3,(H,9,16)/t3?,4?,5-,6?,7-/m1/s1. The van der Waals surface area contributed by atoms with Gasteiger partial charge in [-0.1, -0.05) is 0 Å². The Labute approximate surface area is 102 Å². The lowest BCUT2D eigenvalue weighted by Gasteiger charge is -2.40. The first-order valence-electron chi connectivity index (χ1n) is 5.10. The first-order valence-corrected chi connectivity index (χ1v) is 5.10. The van der Waals surface area contributed by atoms with E-state index in [1.165, 1.54) is 0 Å². The summed E-state index contributed by atoms with van der Waals surface area (Å²) >= 11 is 0. The number of hydrogen-bond acceptors (Lipinski definition) is 8. The van der Waals surface area contributed by atoms with Gasteiger partial charge >= 0.3 is 6.03 Å². The highest BCUT2D eigenvalue weighted by Crippen LogP contribution is 2.19. The Hall–Kier alpha value is -1.33. The molecule has 0 aromatic heterocycles. The lowest BCUT2D eigenvalue weighted by atomic mass is 9.97. The second-order valence-corrected chi connectivity index (χ2v) is 3.81. The molecule has 0 aromatic rings. The zero-order chi connectivity index (χ0) is 13.9. The Morgan fingerprint density at radius 2 is 2.00 bits per heavy atom. The molecule has 5 N–H and O–H groups in total. The summed E-state index contributed by atoms with van der Waals surface area (Å²) in [5.74, 6) is 0. The number of aliphatic hydroxyl groups is 4. The fourth-order valence-electron chi connectivity index (χ4n) is 1.53. The third kappa shape index (κ3) is 2.91. The van der Waals surface area contributed by atoms with Gasteiger partial charge in [0.15, 0.2) is 6.29 Å². The van der Waals surface area contributed by atoms with Crippen LogP contribution >= 0.6 is 0 Å². The van der Waals surface area contributed by atoms with Gasteiger partial charge in [-0.3, -0.25) is 0 Å². The maximum atomic E-state index is 11.3. The van der Waals surface area contributed by atoms with Crippen LogP contribution < -0.4 is 5.32 Å². The highest BCUT2D eigenvalue weighted by Gasteiger charge is 2.44. The molecule has 1 saturated heterocycles. The van der Waals surface area contributed by atoms with Crippen LogP contribution in [0.5, 0.6) is 0 Å². The molecule has 2 amide bonds. The normalized spacial score (nSPS) is 35.9. The summed E-state index contributed by atoms with van der Waals surface area (Å²) in [6.07, 6.45) is -5.84. The van der Waals surface area contributed by atoms with Gasteiger partial charge in [0.2, 0.25) is 0 Å². The summed E-state index contributed by atoms with van der Waals surface area (Å²) in [6, 6.07) is -2.33. The van der Waals surface area contributed by atoms with E-state index < -0.39 is 43.3 Å². The van der Waals surface area contributed by atoms with E-state index in [9.17, 15) is 25.0 Å². The highest BCUT2D eigenvalue weighted by molar-refractivity contribution is 5.73. The van der Waals surface area contributed by atoms with Crippen LogP contribution in [0.25, 0.3) is 0 Å². The third-order valence-electron chi connectivity index (χ3n) is 2.61. The smallest absolute Gasteiger partial charge is 0.340 e. The van der Waals surface area contributed by atoms with E-state index >= 15 is 0 Å². The van der Waals surface area contributed by atoms with Crippen molar-refractivity contribution >= 4 is 6.03 Å². The molecule has 1 rings (SSSR count). The minimum atomic E-state index is -1.63. The Bertz CT molecular complexity index is 315. The minimum Gasteiger partial charge on any atom is -0.394 e. The van der Waals surface area contributed by atoms with Gasteiger partial charge in [0.25, 0.3) is 0 Å². The third-order valence-corrected chi connectivity index (χ3v) is 2.61. The summed E-state index contributed by atoms with van der Waals surface area (Å²) in [6.45, 7) is -0.605. The second-order valence-electron chi connectivity index (χ2n) is 3.81. The molecule has 10 heteroatoms. The van der Waals surface area contributed by atoms with Gasteiger partial charge in [-0.2, -0.15) is 5.01 Å². The van der Waals surface area contributed by atoms with Crippen LogP contribution in [-0.4, -0.2) is 75.8 Å². The predicted molar refractivity (Wildman–Crippen MR) is 55.9 cm³/mol. The Balaban J connectivity index is 2.71. The molecule has 0 aromatic carbocycles. The summed E-state index contributed by atoms with van der Waals surface area (Å²) in [7, 11) is 1.07. The van der Waals surface area contributed by atoms with E-state index in [0.29, 0.717) is 5.01 Å². The maximum Gasteiger partial charge on any atom is 0.340 e. The van der Waals surface area contributed by atoms with Crippen LogP contribution in [0.2, 0.25) is 0 Å². The van der Waals surface area contributed by atoms with E-state index in [4.69, 9.17) is 9.84 Å². The van der Waals surface area contributed by atoms with Crippen molar-refractivity contribution in [3.63, 3.8) is 0 Å². The van der Waals surface area contributed by atoms with Gasteiger partial charge in [0.05, 0.1) is 11.9 Å². The fourth-order valence-corrected chi connectivity index (χ4v) is 1.53. The van der Waals surface area contributed by atoms with Gasteiger partial charge in [-0.05, 0) is 0 Å². The molecule has 0 bridgehead atoms. The quantitative estimate of drug-likeness (QED) is 0.271. The van der Waals surface area contributed by atoms with Crippen molar-refractivity contribution in [3.8, 4) is 0 Å². The molecule has 1 aliphatic heterocycles. The first kappa shape index (κ1) is 14.7. The van der Waals surface area contributed by atoms with Crippen molar-refractivity contribution < 1.29 is 30.0 Å². The van der Waals surface area contributed by atoms with Crippen LogP contribution in [0, 0.1) is 4.91 Å². The SMILES string of the molecule is CN(N=O)C(=O)NC1C(O)[C@H](O)C(CO)O[C@H]1O. The molecule has 0 saturated carbocycles. The number of hydrogen-bond donors (Lipinski definition) is 5. The summed E-state index contributed by atoms with van der Waals surface area (Å²) in [5, 5.41) is 42.4. The number of aliphatic hydroxyl groups excluding tert-OH is 4. The average Bonchev–Trinajstić information content (AvgIpc) is 2.37. The molecular formula is C8H15N3O7. The minimum absolute atomic E-state index is 0.407. The monoisotopic (exact) mass is 265 g/mol. The maximum absolute atomic E-state index is 11.3. The number of urea groups is 1. The van der Waals surface area contributed by atoms with Crippen molar-refractivity contribution in [3.05, 3.63) is 4.91 Å². The van der Waals surface area contributed by atoms with Gasteiger partial charge in [0.1, 0.15) is 24.4 Å². The molecule has 1 fully saturated rings. The van der Waals surface area contributed by atoms with Crippen molar-refractivity contribution in [1.29, 1.82) is 0 Å². The largest absolute Gasteiger partial charge is 0.394 e. The number of carbonyl (C=O) groups excluding carboxylic acids is 1. The predicted octanol–water partition coefficient (Wildman–Crippen LogP) is -2.89. The van der Waals surface area contributed by atoms with E-state index in [-0.39, 0.29) is 0 Å². The Morgan fingerprint density at radius 3 is 2.50 bits per heavy atom. The zero-order valence-electron chi connectivity index (χ0n) is 9.50. The van der Waals surface area contributed by atoms with E-state index in [1.807, 2.05) is 0 Å². The molecule has 3 unspecified atom stereocenters. The molecular weight excluding hydrogens is 250 g/mol. The topological polar surface area (TPSA) is 152 Å². The molecule has 0 spiro atoms. The lowest BCUT2D eigenvalue weighted by molar-refractivity contribution is -0.252. The van der Waals surface area contributed by atoms with Crippen molar-refractivity contribution in [2.45, 2.75) is 30.6 Å². The van der Waals surface area contributed by atoms with Crippen LogP contribution in [-0.2, 0) is 4.74 Å². The second kappa shape index (κ2) is 6.02. The van der Waals surface area contributed by atoms with Gasteiger partial charge in [-0.25, -0.2) is 4.79 Å². The van der Waals surface area contributed by atoms with Gasteiger partial charge < -0.3 is 30.5 Å². The first-order chi connectivity index (χ1) is 8.42. The average molecular weight is 265 g/mol. The molecule has 104 valence electrons. The van der Waals surface area contributed by atoms with Crippen LogP contribution in [0.1, 0.15) is 0 Å². The van der Waals surface area contributed by atoms with E-state index in [0.717, 1.165) is 7.05 Å². The summed E-state index contributed by atoms with van der Waals surface area (Å²) < 4.78 is 4.80. The lowest BCUT2D eigenvalue weighted by Crippen LogP contribution is -2.64. The molecule has 10 nitrogen and oxygen atoms in total. The van der Waals surface area contributed by atoms with E-state index in [1.54, 1.807) is 0 Å². The van der Waals surface area contributed by atoms with Crippen molar-refractivity contribution in [1.82, 2.24) is 10.3 Å². The van der Waals surface area contributed by atoms with Crippen LogP contribution in [0.3, 0.4) is 0 Å². The van der Waals surface area contributed by atoms with Crippen LogP contribution in [0.15, 0.2) is 5.29 Å². The molecule has 0 radical (unpaired) electrons. The Kier molecular flexibility index (Phi) is 4.93. The molecule has 1 heterocycles. The highest BCUT2D eigenvalue weighted by atomic mass is 16.6.